The summed E-state index contributed by atoms with van der Waals surface area (Å²) < 4.78 is 5.33. The van der Waals surface area contributed by atoms with Crippen LogP contribution in [0.15, 0.2) is 36.4 Å². The Kier molecular flexibility index (Phi) is 6.41. The highest BCUT2D eigenvalue weighted by molar-refractivity contribution is 7.53. The number of fused-ring (bicyclic) bond motifs is 1. The molecule has 0 aromatic heterocycles. The van der Waals surface area contributed by atoms with Gasteiger partial charge in [0, 0.05) is 31.8 Å². The van der Waals surface area contributed by atoms with Gasteiger partial charge in [0.15, 0.2) is 0 Å². The van der Waals surface area contributed by atoms with Gasteiger partial charge in [0.1, 0.15) is 0 Å². The Morgan fingerprint density at radius 1 is 0.952 bits per heavy atom. The molecule has 0 spiro atoms. The van der Waals surface area contributed by atoms with Crippen LogP contribution < -0.4 is 0 Å². The number of benzene rings is 1. The van der Waals surface area contributed by atoms with Gasteiger partial charge in [0.25, 0.3) is 0 Å². The Bertz CT molecular complexity index is 452. The summed E-state index contributed by atoms with van der Waals surface area (Å²) >= 11 is 0. The molecule has 1 aliphatic carbocycles. The third-order valence-electron chi connectivity index (χ3n) is 4.32. The normalized spacial score (nSPS) is 17.8. The lowest BCUT2D eigenvalue weighted by Gasteiger charge is -2.43. The van der Waals surface area contributed by atoms with Gasteiger partial charge in [-0.1, -0.05) is 64.1 Å². The Labute approximate surface area is 131 Å². The molecule has 0 heterocycles. The molecule has 0 radical (unpaired) electrons. The molecule has 1 aromatic rings. The van der Waals surface area contributed by atoms with Crippen molar-refractivity contribution in [2.45, 2.75) is 39.8 Å². The number of allylic oxidation sites excluding steroid dienone is 2. The van der Waals surface area contributed by atoms with Gasteiger partial charge in [-0.3, -0.25) is 9.34 Å². The van der Waals surface area contributed by atoms with Crippen LogP contribution in [0.1, 0.15) is 44.5 Å². The molecule has 0 saturated carbocycles. The van der Waals surface area contributed by atoms with Gasteiger partial charge in [-0.05, 0) is 17.5 Å². The van der Waals surface area contributed by atoms with Crippen molar-refractivity contribution in [3.63, 3.8) is 0 Å². The van der Waals surface area contributed by atoms with E-state index in [2.05, 4.69) is 73.5 Å². The van der Waals surface area contributed by atoms with E-state index >= 15 is 0 Å². The summed E-state index contributed by atoms with van der Waals surface area (Å²) in [7, 11) is -0.313. The van der Waals surface area contributed by atoms with Crippen LogP contribution in [0.3, 0.4) is 0 Å². The van der Waals surface area contributed by atoms with E-state index in [1.165, 1.54) is 5.56 Å². The third kappa shape index (κ3) is 3.56. The highest BCUT2D eigenvalue weighted by Gasteiger charge is 2.32. The fourth-order valence-corrected chi connectivity index (χ4v) is 6.19. The van der Waals surface area contributed by atoms with Gasteiger partial charge in [-0.2, -0.15) is 0 Å². The van der Waals surface area contributed by atoms with E-state index in [1.807, 2.05) is 0 Å². The van der Waals surface area contributed by atoms with Crippen molar-refractivity contribution in [1.29, 1.82) is 0 Å². The molecule has 0 bridgehead atoms. The minimum absolute atomic E-state index is 0.313. The molecular weight excluding hydrogens is 275 g/mol. The predicted molar refractivity (Wildman–Crippen MR) is 94.8 cm³/mol. The molecule has 1 atom stereocenters. The lowest BCUT2D eigenvalue weighted by molar-refractivity contribution is 0.418. The zero-order chi connectivity index (χ0) is 15.2. The summed E-state index contributed by atoms with van der Waals surface area (Å²) in [6, 6.07) is 9.00. The highest BCUT2D eigenvalue weighted by Crippen LogP contribution is 2.58. The molecule has 1 aliphatic rings. The first kappa shape index (κ1) is 16.7. The summed E-state index contributed by atoms with van der Waals surface area (Å²) in [5.74, 6) is 0. The van der Waals surface area contributed by atoms with Crippen LogP contribution in [-0.4, -0.2) is 35.5 Å². The largest absolute Gasteiger partial charge is 0.270 e. The van der Waals surface area contributed by atoms with E-state index in [0.717, 1.165) is 32.6 Å². The number of hydrogen-bond donors (Lipinski definition) is 0. The Hall–Kier alpha value is -0.690. The maximum atomic E-state index is 2.67. The van der Waals surface area contributed by atoms with Gasteiger partial charge < -0.3 is 0 Å². The number of rotatable bonds is 7. The second-order valence-corrected chi connectivity index (χ2v) is 7.70. The average molecular weight is 304 g/mol. The van der Waals surface area contributed by atoms with E-state index in [9.17, 15) is 0 Å². The third-order valence-corrected chi connectivity index (χ3v) is 7.56. The lowest BCUT2D eigenvalue weighted by atomic mass is 9.97. The quantitative estimate of drug-likeness (QED) is 0.525. The molecule has 1 unspecified atom stereocenters. The van der Waals surface area contributed by atoms with Gasteiger partial charge in [-0.15, -0.1) is 0 Å². The smallest absolute Gasteiger partial charge is 0.0513 e. The van der Waals surface area contributed by atoms with Crippen LogP contribution in [0.2, 0.25) is 0 Å². The molecule has 2 nitrogen and oxygen atoms in total. The summed E-state index contributed by atoms with van der Waals surface area (Å²) in [6.07, 6.45) is 5.92. The van der Waals surface area contributed by atoms with Crippen molar-refractivity contribution < 1.29 is 0 Å². The predicted octanol–water partition coefficient (Wildman–Crippen LogP) is 4.84. The van der Waals surface area contributed by atoms with Gasteiger partial charge in [-0.25, -0.2) is 0 Å². The Balaban J connectivity index is 2.40. The first-order chi connectivity index (χ1) is 10.3. The zero-order valence-corrected chi connectivity index (χ0v) is 14.8. The molecule has 1 aromatic carbocycles. The van der Waals surface area contributed by atoms with Crippen molar-refractivity contribution in [2.24, 2.45) is 0 Å². The monoisotopic (exact) mass is 304 g/mol. The fraction of sp³-hybridized carbons (Fsp3) is 0.556. The van der Waals surface area contributed by atoms with Crippen LogP contribution in [0.5, 0.6) is 0 Å². The number of hydrogen-bond acceptors (Lipinski definition) is 2. The van der Waals surface area contributed by atoms with Crippen LogP contribution in [-0.2, 0) is 6.42 Å². The zero-order valence-electron chi connectivity index (χ0n) is 13.9. The molecule has 0 aliphatic heterocycles. The van der Waals surface area contributed by atoms with E-state index < -0.39 is 0 Å². The van der Waals surface area contributed by atoms with E-state index in [4.69, 9.17) is 0 Å². The van der Waals surface area contributed by atoms with Crippen molar-refractivity contribution in [1.82, 2.24) is 9.34 Å². The standard InChI is InChI=1S/C18H29N2P/c1-5-19(6-2)21(20(7-3)8-4)18-15-11-13-16-12-9-10-14-17(16)18/h9-12,14-15,18H,5-8,13H2,1-4H3. The summed E-state index contributed by atoms with van der Waals surface area (Å²) in [6.45, 7) is 13.7. The first-order valence-corrected chi connectivity index (χ1v) is 9.61. The van der Waals surface area contributed by atoms with Crippen LogP contribution >= 0.6 is 8.22 Å². The lowest BCUT2D eigenvalue weighted by Crippen LogP contribution is -2.31. The maximum Gasteiger partial charge on any atom is 0.0513 e. The fourth-order valence-electron chi connectivity index (χ4n) is 3.20. The second kappa shape index (κ2) is 8.08. The average Bonchev–Trinajstić information content (AvgIpc) is 2.55. The first-order valence-electron chi connectivity index (χ1n) is 8.30. The second-order valence-electron chi connectivity index (χ2n) is 5.37. The van der Waals surface area contributed by atoms with Crippen molar-refractivity contribution >= 4 is 8.22 Å². The molecule has 0 amide bonds. The Morgan fingerprint density at radius 3 is 2.10 bits per heavy atom. The summed E-state index contributed by atoms with van der Waals surface area (Å²) in [5, 5.41) is 0. The van der Waals surface area contributed by atoms with Crippen LogP contribution in [0, 0.1) is 0 Å². The van der Waals surface area contributed by atoms with Crippen molar-refractivity contribution in [2.75, 3.05) is 26.2 Å². The molecule has 0 fully saturated rings. The Morgan fingerprint density at radius 2 is 1.52 bits per heavy atom. The van der Waals surface area contributed by atoms with E-state index in [1.54, 1.807) is 5.56 Å². The molecule has 0 saturated heterocycles. The van der Waals surface area contributed by atoms with E-state index in [0.29, 0.717) is 5.66 Å². The molecule has 21 heavy (non-hydrogen) atoms. The molecule has 0 N–H and O–H groups in total. The van der Waals surface area contributed by atoms with Gasteiger partial charge in [0.2, 0.25) is 0 Å². The molecule has 116 valence electrons. The van der Waals surface area contributed by atoms with Crippen molar-refractivity contribution in [3.8, 4) is 0 Å². The van der Waals surface area contributed by atoms with Crippen molar-refractivity contribution in [3.05, 3.63) is 47.5 Å². The van der Waals surface area contributed by atoms with Gasteiger partial charge in [0.05, 0.1) is 8.22 Å². The molecular formula is C18H29N2P. The van der Waals surface area contributed by atoms with E-state index in [-0.39, 0.29) is 8.22 Å². The maximum absolute atomic E-state index is 2.67. The summed E-state index contributed by atoms with van der Waals surface area (Å²) in [4.78, 5) is 0. The minimum Gasteiger partial charge on any atom is -0.270 e. The topological polar surface area (TPSA) is 6.48 Å². The SMILES string of the molecule is CCN(CC)P(C1C=CCc2ccccc21)N(CC)CC. The van der Waals surface area contributed by atoms with Gasteiger partial charge >= 0.3 is 0 Å². The summed E-state index contributed by atoms with van der Waals surface area (Å²) in [5.41, 5.74) is 3.60. The minimum atomic E-state index is -0.313. The molecule has 2 rings (SSSR count). The van der Waals surface area contributed by atoms with Crippen LogP contribution in [0.25, 0.3) is 0 Å². The molecule has 3 heteroatoms. The van der Waals surface area contributed by atoms with Crippen LogP contribution in [0.4, 0.5) is 0 Å². The number of nitrogens with zero attached hydrogens (tertiary/aromatic N) is 2. The highest BCUT2D eigenvalue weighted by atomic mass is 31.1.